The van der Waals surface area contributed by atoms with E-state index in [9.17, 15) is 10.1 Å². The second-order valence-electron chi connectivity index (χ2n) is 6.26. The first-order chi connectivity index (χ1) is 11.5. The average Bonchev–Trinajstić information content (AvgIpc) is 3.10. The van der Waals surface area contributed by atoms with Gasteiger partial charge in [0.25, 0.3) is 0 Å². The lowest BCUT2D eigenvalue weighted by Gasteiger charge is -2.27. The van der Waals surface area contributed by atoms with Crippen LogP contribution in [0.2, 0.25) is 0 Å². The van der Waals surface area contributed by atoms with Gasteiger partial charge in [-0.05, 0) is 30.5 Å². The summed E-state index contributed by atoms with van der Waals surface area (Å²) in [6, 6.07) is 15.4. The van der Waals surface area contributed by atoms with Gasteiger partial charge < -0.3 is 9.73 Å². The second-order valence-corrected chi connectivity index (χ2v) is 6.26. The maximum absolute atomic E-state index is 12.3. The molecule has 1 aromatic heterocycles. The molecule has 5 heteroatoms. The molecular weight excluding hydrogens is 302 g/mol. The number of carbonyl (C=O) groups is 1. The molecule has 2 N–H and O–H groups in total. The lowest BCUT2D eigenvalue weighted by molar-refractivity contribution is -0.121. The highest BCUT2D eigenvalue weighted by molar-refractivity contribution is 5.79. The number of carbonyl (C=O) groups excluding carboxylic acids is 1. The van der Waals surface area contributed by atoms with E-state index in [1.54, 1.807) is 13.2 Å². The van der Waals surface area contributed by atoms with Crippen LogP contribution in [0.3, 0.4) is 0 Å². The van der Waals surface area contributed by atoms with Gasteiger partial charge in [-0.15, -0.1) is 0 Å². The largest absolute Gasteiger partial charge is 0.467 e. The van der Waals surface area contributed by atoms with Gasteiger partial charge in [-0.25, -0.2) is 0 Å². The third-order valence-corrected chi connectivity index (χ3v) is 4.21. The van der Waals surface area contributed by atoms with E-state index in [1.807, 2.05) is 56.3 Å². The van der Waals surface area contributed by atoms with Crippen LogP contribution in [0.25, 0.3) is 0 Å². The van der Waals surface area contributed by atoms with Gasteiger partial charge in [0, 0.05) is 0 Å². The minimum absolute atomic E-state index is 0.0152. The van der Waals surface area contributed by atoms with Gasteiger partial charge in [-0.1, -0.05) is 44.2 Å². The smallest absolute Gasteiger partial charge is 0.235 e. The summed E-state index contributed by atoms with van der Waals surface area (Å²) in [5, 5.41) is 15.3. The molecule has 0 spiro atoms. The summed E-state index contributed by atoms with van der Waals surface area (Å²) in [5.74, 6) is 0.530. The Morgan fingerprint density at radius 2 is 1.96 bits per heavy atom. The molecule has 2 aromatic rings. The summed E-state index contributed by atoms with van der Waals surface area (Å²) < 4.78 is 5.50. The van der Waals surface area contributed by atoms with Crippen LogP contribution in [0.5, 0.6) is 0 Å². The fourth-order valence-electron chi connectivity index (χ4n) is 2.31. The van der Waals surface area contributed by atoms with Crippen molar-refractivity contribution in [2.45, 2.75) is 32.4 Å². The number of benzene rings is 1. The third-order valence-electron chi connectivity index (χ3n) is 4.21. The number of rotatable bonds is 7. The second kappa shape index (κ2) is 7.80. The maximum atomic E-state index is 12.3. The van der Waals surface area contributed by atoms with Crippen molar-refractivity contribution in [2.75, 3.05) is 6.54 Å². The number of nitrogens with one attached hydrogen (secondary N) is 2. The molecule has 0 bridgehead atoms. The van der Waals surface area contributed by atoms with Crippen LogP contribution >= 0.6 is 0 Å². The number of furan rings is 1. The molecule has 0 radical (unpaired) electrons. The van der Waals surface area contributed by atoms with E-state index in [2.05, 4.69) is 16.7 Å². The van der Waals surface area contributed by atoms with Crippen LogP contribution < -0.4 is 10.6 Å². The first-order valence-electron chi connectivity index (χ1n) is 8.00. The fraction of sp³-hybridized carbons (Fsp3) is 0.368. The molecule has 0 aliphatic carbocycles. The molecule has 2 atom stereocenters. The predicted octanol–water partition coefficient (Wildman–Crippen LogP) is 3.01. The standard InChI is InChI=1S/C19H23N3O2/c1-14(2)19(3,13-20)22-17(23)12-21-18(16-10-7-11-24-16)15-8-5-4-6-9-15/h4-11,14,18,21H,12H2,1-3H3,(H,22,23)/t18-,19+/m1/s1. The van der Waals surface area contributed by atoms with E-state index in [-0.39, 0.29) is 24.4 Å². The molecule has 0 aliphatic rings. The van der Waals surface area contributed by atoms with E-state index >= 15 is 0 Å². The summed E-state index contributed by atoms with van der Waals surface area (Å²) in [4.78, 5) is 12.3. The zero-order valence-electron chi connectivity index (χ0n) is 14.2. The van der Waals surface area contributed by atoms with Crippen molar-refractivity contribution in [1.82, 2.24) is 10.6 Å². The SMILES string of the molecule is CC(C)[C@](C)(C#N)NC(=O)CN[C@H](c1ccccc1)c1ccco1. The van der Waals surface area contributed by atoms with Crippen LogP contribution in [0, 0.1) is 17.2 Å². The van der Waals surface area contributed by atoms with E-state index in [0.29, 0.717) is 0 Å². The van der Waals surface area contributed by atoms with Crippen molar-refractivity contribution in [3.63, 3.8) is 0 Å². The van der Waals surface area contributed by atoms with Crippen LogP contribution in [0.1, 0.15) is 38.1 Å². The van der Waals surface area contributed by atoms with Crippen molar-refractivity contribution in [1.29, 1.82) is 5.26 Å². The van der Waals surface area contributed by atoms with Crippen LogP contribution in [-0.2, 0) is 4.79 Å². The zero-order valence-corrected chi connectivity index (χ0v) is 14.2. The van der Waals surface area contributed by atoms with Crippen molar-refractivity contribution in [3.8, 4) is 6.07 Å². The van der Waals surface area contributed by atoms with Crippen LogP contribution in [0.15, 0.2) is 53.1 Å². The van der Waals surface area contributed by atoms with E-state index in [4.69, 9.17) is 4.42 Å². The Balaban J connectivity index is 2.07. The average molecular weight is 325 g/mol. The van der Waals surface area contributed by atoms with Gasteiger partial charge in [-0.2, -0.15) is 5.26 Å². The summed E-state index contributed by atoms with van der Waals surface area (Å²) in [6.07, 6.45) is 1.61. The molecule has 0 unspecified atom stereocenters. The Morgan fingerprint density at radius 1 is 1.25 bits per heavy atom. The number of amides is 1. The zero-order chi connectivity index (χ0) is 17.6. The van der Waals surface area contributed by atoms with Crippen molar-refractivity contribution >= 4 is 5.91 Å². The lowest BCUT2D eigenvalue weighted by atomic mass is 9.90. The van der Waals surface area contributed by atoms with Crippen LogP contribution in [-0.4, -0.2) is 18.0 Å². The molecule has 1 amide bonds. The molecule has 2 rings (SSSR count). The summed E-state index contributed by atoms with van der Waals surface area (Å²) >= 11 is 0. The highest BCUT2D eigenvalue weighted by Gasteiger charge is 2.30. The lowest BCUT2D eigenvalue weighted by Crippen LogP contribution is -2.51. The molecule has 0 aliphatic heterocycles. The minimum atomic E-state index is -0.883. The number of hydrogen-bond acceptors (Lipinski definition) is 4. The van der Waals surface area contributed by atoms with Crippen molar-refractivity contribution in [3.05, 3.63) is 60.1 Å². The predicted molar refractivity (Wildman–Crippen MR) is 92.0 cm³/mol. The fourth-order valence-corrected chi connectivity index (χ4v) is 2.31. The molecule has 24 heavy (non-hydrogen) atoms. The highest BCUT2D eigenvalue weighted by atomic mass is 16.3. The summed E-state index contributed by atoms with van der Waals surface area (Å²) in [6.45, 7) is 5.64. The topological polar surface area (TPSA) is 78.1 Å². The van der Waals surface area contributed by atoms with Gasteiger partial charge in [0.2, 0.25) is 5.91 Å². The summed E-state index contributed by atoms with van der Waals surface area (Å²) in [5.41, 5.74) is 0.123. The molecule has 126 valence electrons. The molecule has 1 aromatic carbocycles. The van der Waals surface area contributed by atoms with Crippen molar-refractivity contribution < 1.29 is 9.21 Å². The first kappa shape index (κ1) is 17.8. The molecule has 1 heterocycles. The maximum Gasteiger partial charge on any atom is 0.235 e. The quantitative estimate of drug-likeness (QED) is 0.820. The Hall–Kier alpha value is -2.58. The van der Waals surface area contributed by atoms with E-state index in [0.717, 1.165) is 11.3 Å². The molecule has 5 nitrogen and oxygen atoms in total. The highest BCUT2D eigenvalue weighted by Crippen LogP contribution is 2.22. The normalized spacial score (nSPS) is 14.6. The van der Waals surface area contributed by atoms with Gasteiger partial charge in [0.05, 0.1) is 24.9 Å². The van der Waals surface area contributed by atoms with E-state index in [1.165, 1.54) is 0 Å². The molecular formula is C19H23N3O2. The third kappa shape index (κ3) is 4.24. The van der Waals surface area contributed by atoms with Gasteiger partial charge in [0.1, 0.15) is 11.3 Å². The summed E-state index contributed by atoms with van der Waals surface area (Å²) in [7, 11) is 0. The Kier molecular flexibility index (Phi) is 5.78. The number of nitriles is 1. The Morgan fingerprint density at radius 3 is 2.50 bits per heavy atom. The number of nitrogens with zero attached hydrogens (tertiary/aromatic N) is 1. The van der Waals surface area contributed by atoms with Gasteiger partial charge in [0.15, 0.2) is 0 Å². The van der Waals surface area contributed by atoms with Gasteiger partial charge in [-0.3, -0.25) is 10.1 Å². The monoisotopic (exact) mass is 325 g/mol. The Bertz CT molecular complexity index is 689. The minimum Gasteiger partial charge on any atom is -0.467 e. The molecule has 0 fully saturated rings. The van der Waals surface area contributed by atoms with Crippen LogP contribution in [0.4, 0.5) is 0 Å². The van der Waals surface area contributed by atoms with Crippen molar-refractivity contribution in [2.24, 2.45) is 5.92 Å². The first-order valence-corrected chi connectivity index (χ1v) is 8.00. The van der Waals surface area contributed by atoms with Gasteiger partial charge >= 0.3 is 0 Å². The van der Waals surface area contributed by atoms with E-state index < -0.39 is 5.54 Å². The molecule has 0 saturated heterocycles. The number of hydrogen-bond donors (Lipinski definition) is 2. The molecule has 0 saturated carbocycles. The Labute approximate surface area is 142 Å².